The van der Waals surface area contributed by atoms with Gasteiger partial charge in [-0.2, -0.15) is 0 Å². The third-order valence-electron chi connectivity index (χ3n) is 4.01. The van der Waals surface area contributed by atoms with E-state index in [0.717, 1.165) is 16.5 Å². The monoisotopic (exact) mass is 373 g/mol. The second-order valence-corrected chi connectivity index (χ2v) is 7.33. The number of sulfone groups is 1. The molecule has 3 aromatic rings. The van der Waals surface area contributed by atoms with Gasteiger partial charge in [-0.05, 0) is 12.1 Å². The molecule has 3 rings (SSSR count). The quantitative estimate of drug-likeness (QED) is 0.714. The fraction of sp³-hybridized carbons (Fsp3) is 0.158. The van der Waals surface area contributed by atoms with E-state index in [0.29, 0.717) is 5.75 Å². The van der Waals surface area contributed by atoms with Crippen molar-refractivity contribution in [3.63, 3.8) is 0 Å². The van der Waals surface area contributed by atoms with Gasteiger partial charge in [0.25, 0.3) is 0 Å². The molecule has 1 aromatic heterocycles. The average Bonchev–Trinajstić information content (AvgIpc) is 3.08. The lowest BCUT2D eigenvalue weighted by atomic mass is 10.2. The van der Waals surface area contributed by atoms with Gasteiger partial charge in [0.1, 0.15) is 0 Å². The molecular weight excluding hydrogens is 354 g/mol. The molecular formula is C19H19NO5S. The van der Waals surface area contributed by atoms with Crippen molar-refractivity contribution in [1.82, 2.24) is 4.98 Å². The first kappa shape index (κ1) is 17.9. The van der Waals surface area contributed by atoms with Crippen molar-refractivity contribution in [2.45, 2.75) is 4.90 Å². The van der Waals surface area contributed by atoms with Gasteiger partial charge in [-0.15, -0.1) is 0 Å². The first-order valence-electron chi connectivity index (χ1n) is 7.79. The van der Waals surface area contributed by atoms with Gasteiger partial charge in [-0.1, -0.05) is 18.2 Å². The van der Waals surface area contributed by atoms with Crippen LogP contribution in [0, 0.1) is 0 Å². The topological polar surface area (TPSA) is 77.6 Å². The summed E-state index contributed by atoms with van der Waals surface area (Å²) >= 11 is 0. The van der Waals surface area contributed by atoms with Crippen LogP contribution >= 0.6 is 0 Å². The summed E-state index contributed by atoms with van der Waals surface area (Å²) in [5.41, 5.74) is 1.73. The maximum Gasteiger partial charge on any atom is 0.203 e. The van der Waals surface area contributed by atoms with E-state index in [2.05, 4.69) is 4.98 Å². The molecule has 136 valence electrons. The SMILES string of the molecule is COc1cc(S(=O)(=O)/C=C/c2c[nH]c3ccccc23)cc(OC)c1OC. The summed E-state index contributed by atoms with van der Waals surface area (Å²) in [6.45, 7) is 0. The van der Waals surface area contributed by atoms with Crippen LogP contribution in [0.25, 0.3) is 17.0 Å². The Morgan fingerprint density at radius 2 is 1.62 bits per heavy atom. The molecule has 0 radical (unpaired) electrons. The molecule has 0 spiro atoms. The number of fused-ring (bicyclic) bond motifs is 1. The van der Waals surface area contributed by atoms with E-state index in [9.17, 15) is 8.42 Å². The Morgan fingerprint density at radius 3 is 2.23 bits per heavy atom. The zero-order chi connectivity index (χ0) is 18.7. The van der Waals surface area contributed by atoms with Gasteiger partial charge >= 0.3 is 0 Å². The molecule has 2 aromatic carbocycles. The summed E-state index contributed by atoms with van der Waals surface area (Å²) in [7, 11) is 0.638. The average molecular weight is 373 g/mol. The minimum atomic E-state index is -3.71. The van der Waals surface area contributed by atoms with Crippen LogP contribution in [0.4, 0.5) is 0 Å². The van der Waals surface area contributed by atoms with Crippen LogP contribution in [0.2, 0.25) is 0 Å². The molecule has 0 atom stereocenters. The van der Waals surface area contributed by atoms with Crippen LogP contribution in [-0.4, -0.2) is 34.7 Å². The number of methoxy groups -OCH3 is 3. The summed E-state index contributed by atoms with van der Waals surface area (Å²) in [5.74, 6) is 0.909. The number of hydrogen-bond donors (Lipinski definition) is 1. The zero-order valence-electron chi connectivity index (χ0n) is 14.6. The van der Waals surface area contributed by atoms with Crippen molar-refractivity contribution in [2.75, 3.05) is 21.3 Å². The zero-order valence-corrected chi connectivity index (χ0v) is 15.5. The lowest BCUT2D eigenvalue weighted by Gasteiger charge is -2.13. The molecule has 0 fully saturated rings. The molecule has 6 nitrogen and oxygen atoms in total. The maximum absolute atomic E-state index is 12.8. The highest BCUT2D eigenvalue weighted by atomic mass is 32.2. The van der Waals surface area contributed by atoms with Gasteiger partial charge in [0, 0.05) is 40.2 Å². The van der Waals surface area contributed by atoms with Crippen molar-refractivity contribution in [3.8, 4) is 17.2 Å². The van der Waals surface area contributed by atoms with Gasteiger partial charge in [-0.25, -0.2) is 8.42 Å². The summed E-state index contributed by atoms with van der Waals surface area (Å²) in [5, 5.41) is 2.12. The lowest BCUT2D eigenvalue weighted by molar-refractivity contribution is 0.323. The Bertz CT molecular complexity index is 1040. The Hall–Kier alpha value is -2.93. The molecule has 0 bridgehead atoms. The highest BCUT2D eigenvalue weighted by Gasteiger charge is 2.19. The van der Waals surface area contributed by atoms with E-state index < -0.39 is 9.84 Å². The van der Waals surface area contributed by atoms with Crippen molar-refractivity contribution >= 4 is 26.8 Å². The molecule has 1 N–H and O–H groups in total. The molecule has 7 heteroatoms. The Kier molecular flexibility index (Phi) is 4.90. The van der Waals surface area contributed by atoms with Gasteiger partial charge in [0.05, 0.1) is 26.2 Å². The van der Waals surface area contributed by atoms with E-state index in [1.165, 1.54) is 38.9 Å². The molecule has 0 aliphatic rings. The number of hydrogen-bond acceptors (Lipinski definition) is 5. The van der Waals surface area contributed by atoms with Crippen LogP contribution in [0.15, 0.2) is 52.9 Å². The largest absolute Gasteiger partial charge is 0.493 e. The maximum atomic E-state index is 12.8. The number of benzene rings is 2. The lowest BCUT2D eigenvalue weighted by Crippen LogP contribution is -2.01. The molecule has 26 heavy (non-hydrogen) atoms. The smallest absolute Gasteiger partial charge is 0.203 e. The third kappa shape index (κ3) is 3.25. The van der Waals surface area contributed by atoms with E-state index >= 15 is 0 Å². The number of ether oxygens (including phenoxy) is 3. The molecule has 0 amide bonds. The van der Waals surface area contributed by atoms with E-state index in [1.54, 1.807) is 12.3 Å². The molecule has 1 heterocycles. The normalized spacial score (nSPS) is 11.8. The standard InChI is InChI=1S/C19H19NO5S/c1-23-17-10-14(11-18(24-2)19(17)25-3)26(21,22)9-8-13-12-20-16-7-5-4-6-15(13)16/h4-12,20H,1-3H3/b9-8+. The predicted molar refractivity (Wildman–Crippen MR) is 101 cm³/mol. The fourth-order valence-corrected chi connectivity index (χ4v) is 3.72. The van der Waals surface area contributed by atoms with Crippen LogP contribution < -0.4 is 14.2 Å². The number of para-hydroxylation sites is 1. The first-order valence-corrected chi connectivity index (χ1v) is 9.34. The van der Waals surface area contributed by atoms with Crippen molar-refractivity contribution in [2.24, 2.45) is 0 Å². The summed E-state index contributed by atoms with van der Waals surface area (Å²) < 4.78 is 41.2. The summed E-state index contributed by atoms with van der Waals surface area (Å²) in [6, 6.07) is 10.5. The van der Waals surface area contributed by atoms with Crippen molar-refractivity contribution in [1.29, 1.82) is 0 Å². The van der Waals surface area contributed by atoms with E-state index in [4.69, 9.17) is 14.2 Å². The van der Waals surface area contributed by atoms with Crippen molar-refractivity contribution < 1.29 is 22.6 Å². The third-order valence-corrected chi connectivity index (χ3v) is 5.40. The summed E-state index contributed by atoms with van der Waals surface area (Å²) in [4.78, 5) is 3.17. The molecule has 0 aliphatic carbocycles. The number of aromatic nitrogens is 1. The van der Waals surface area contributed by atoms with Gasteiger partial charge in [-0.3, -0.25) is 0 Å². The number of aromatic amines is 1. The Balaban J connectivity index is 2.03. The molecule has 0 aliphatic heterocycles. The molecule has 0 saturated carbocycles. The van der Waals surface area contributed by atoms with Crippen LogP contribution in [0.3, 0.4) is 0 Å². The second kappa shape index (κ2) is 7.13. The van der Waals surface area contributed by atoms with Crippen LogP contribution in [0.5, 0.6) is 17.2 Å². The Morgan fingerprint density at radius 1 is 0.962 bits per heavy atom. The van der Waals surface area contributed by atoms with E-state index in [1.807, 2.05) is 24.3 Å². The first-order chi connectivity index (χ1) is 12.5. The minimum absolute atomic E-state index is 0.0584. The van der Waals surface area contributed by atoms with Gasteiger partial charge in [0.2, 0.25) is 5.75 Å². The predicted octanol–water partition coefficient (Wildman–Crippen LogP) is 3.64. The van der Waals surface area contributed by atoms with Crippen molar-refractivity contribution in [3.05, 3.63) is 53.6 Å². The number of H-pyrrole nitrogens is 1. The minimum Gasteiger partial charge on any atom is -0.493 e. The highest BCUT2D eigenvalue weighted by Crippen LogP contribution is 2.39. The summed E-state index contributed by atoms with van der Waals surface area (Å²) in [6.07, 6.45) is 3.34. The van der Waals surface area contributed by atoms with Gasteiger partial charge in [0.15, 0.2) is 21.3 Å². The van der Waals surface area contributed by atoms with Gasteiger partial charge < -0.3 is 19.2 Å². The fourth-order valence-electron chi connectivity index (χ4n) is 2.69. The Labute approximate surface area is 151 Å². The second-order valence-electron chi connectivity index (χ2n) is 5.50. The molecule has 0 unspecified atom stereocenters. The van der Waals surface area contributed by atoms with Crippen LogP contribution in [0.1, 0.15) is 5.56 Å². The molecule has 0 saturated heterocycles. The van der Waals surface area contributed by atoms with E-state index in [-0.39, 0.29) is 16.4 Å². The van der Waals surface area contributed by atoms with Crippen LogP contribution in [-0.2, 0) is 9.84 Å². The number of nitrogens with one attached hydrogen (secondary N) is 1. The number of rotatable bonds is 6. The highest BCUT2D eigenvalue weighted by molar-refractivity contribution is 7.94.